The lowest BCUT2D eigenvalue weighted by molar-refractivity contribution is -0.117. The SMILES string of the molecule is CC(=NNC(=O)c1ccncc1)C1=C(O)CC(C)(C)CC1=O. The van der Waals surface area contributed by atoms with Crippen LogP contribution >= 0.6 is 0 Å². The molecule has 0 saturated carbocycles. The van der Waals surface area contributed by atoms with Gasteiger partial charge in [-0.3, -0.25) is 14.6 Å². The number of aromatic nitrogens is 1. The lowest BCUT2D eigenvalue weighted by atomic mass is 9.76. The molecule has 0 radical (unpaired) electrons. The van der Waals surface area contributed by atoms with Crippen LogP contribution in [0.1, 0.15) is 44.0 Å². The number of rotatable bonds is 3. The molecule has 1 aromatic heterocycles. The molecule has 1 aliphatic rings. The zero-order valence-electron chi connectivity index (χ0n) is 12.9. The van der Waals surface area contributed by atoms with Gasteiger partial charge in [0.2, 0.25) is 0 Å². The maximum absolute atomic E-state index is 12.2. The molecule has 1 aromatic rings. The number of hydrazone groups is 1. The van der Waals surface area contributed by atoms with E-state index in [1.165, 1.54) is 12.4 Å². The van der Waals surface area contributed by atoms with Crippen LogP contribution in [0, 0.1) is 5.41 Å². The molecular formula is C16H19N3O3. The van der Waals surface area contributed by atoms with Crippen molar-refractivity contribution >= 4 is 17.4 Å². The molecule has 0 spiro atoms. The number of carbonyl (C=O) groups is 2. The standard InChI is InChI=1S/C16H19N3O3/c1-10(14-12(20)8-16(2,3)9-13(14)21)18-19-15(22)11-4-6-17-7-5-11/h4-7,20H,8-9H2,1-3H3,(H,19,22). The number of aliphatic hydroxyl groups excluding tert-OH is 1. The summed E-state index contributed by atoms with van der Waals surface area (Å²) >= 11 is 0. The number of carbonyl (C=O) groups excluding carboxylic acids is 2. The predicted molar refractivity (Wildman–Crippen MR) is 82.5 cm³/mol. The van der Waals surface area contributed by atoms with Gasteiger partial charge in [0.15, 0.2) is 5.78 Å². The van der Waals surface area contributed by atoms with Crippen molar-refractivity contribution in [1.29, 1.82) is 0 Å². The van der Waals surface area contributed by atoms with Crippen molar-refractivity contribution in [2.45, 2.75) is 33.6 Å². The van der Waals surface area contributed by atoms with Crippen LogP contribution in [0.25, 0.3) is 0 Å². The van der Waals surface area contributed by atoms with Crippen LogP contribution < -0.4 is 5.43 Å². The van der Waals surface area contributed by atoms with Gasteiger partial charge in [0.1, 0.15) is 5.76 Å². The highest BCUT2D eigenvalue weighted by Gasteiger charge is 2.34. The van der Waals surface area contributed by atoms with E-state index in [1.807, 2.05) is 13.8 Å². The van der Waals surface area contributed by atoms with Gasteiger partial charge in [0.05, 0.1) is 11.3 Å². The summed E-state index contributed by atoms with van der Waals surface area (Å²) < 4.78 is 0. The van der Waals surface area contributed by atoms with E-state index in [9.17, 15) is 14.7 Å². The first-order valence-electron chi connectivity index (χ1n) is 7.00. The third-order valence-corrected chi connectivity index (χ3v) is 3.48. The normalized spacial score (nSPS) is 18.3. The van der Waals surface area contributed by atoms with Crippen LogP contribution in [0.4, 0.5) is 0 Å². The second kappa shape index (κ2) is 6.09. The molecule has 1 heterocycles. The molecule has 0 aliphatic heterocycles. The van der Waals surface area contributed by atoms with Crippen LogP contribution in [-0.2, 0) is 4.79 Å². The van der Waals surface area contributed by atoms with E-state index in [0.29, 0.717) is 24.1 Å². The zero-order valence-corrected chi connectivity index (χ0v) is 12.9. The predicted octanol–water partition coefficient (Wildman–Crippen LogP) is 2.39. The fraction of sp³-hybridized carbons (Fsp3) is 0.375. The third-order valence-electron chi connectivity index (χ3n) is 3.48. The van der Waals surface area contributed by atoms with E-state index < -0.39 is 5.91 Å². The molecule has 116 valence electrons. The number of aliphatic hydroxyl groups is 1. The lowest BCUT2D eigenvalue weighted by Crippen LogP contribution is -2.29. The maximum atomic E-state index is 12.2. The fourth-order valence-corrected chi connectivity index (χ4v) is 2.46. The fourth-order valence-electron chi connectivity index (χ4n) is 2.46. The van der Waals surface area contributed by atoms with E-state index in [2.05, 4.69) is 15.5 Å². The smallest absolute Gasteiger partial charge is 0.271 e. The van der Waals surface area contributed by atoms with Crippen molar-refractivity contribution in [3.05, 3.63) is 41.4 Å². The number of allylic oxidation sites excluding steroid dienone is 2. The van der Waals surface area contributed by atoms with Gasteiger partial charge in [-0.2, -0.15) is 5.10 Å². The summed E-state index contributed by atoms with van der Waals surface area (Å²) in [6.45, 7) is 5.44. The summed E-state index contributed by atoms with van der Waals surface area (Å²) in [5.41, 5.74) is 3.05. The molecule has 0 saturated heterocycles. The van der Waals surface area contributed by atoms with Crippen molar-refractivity contribution < 1.29 is 14.7 Å². The van der Waals surface area contributed by atoms with Gasteiger partial charge in [-0.05, 0) is 24.5 Å². The number of pyridine rings is 1. The minimum atomic E-state index is -0.398. The summed E-state index contributed by atoms with van der Waals surface area (Å²) in [4.78, 5) is 27.9. The number of nitrogens with one attached hydrogen (secondary N) is 1. The van der Waals surface area contributed by atoms with E-state index in [0.717, 1.165) is 0 Å². The molecule has 0 aromatic carbocycles. The Kier molecular flexibility index (Phi) is 4.40. The molecule has 2 N–H and O–H groups in total. The summed E-state index contributed by atoms with van der Waals surface area (Å²) in [5, 5.41) is 14.0. The van der Waals surface area contributed by atoms with Crippen molar-refractivity contribution in [3.63, 3.8) is 0 Å². The van der Waals surface area contributed by atoms with Crippen LogP contribution in [-0.4, -0.2) is 27.5 Å². The Labute approximate surface area is 129 Å². The van der Waals surface area contributed by atoms with Crippen molar-refractivity contribution in [2.24, 2.45) is 10.5 Å². The number of hydrogen-bond acceptors (Lipinski definition) is 5. The number of nitrogens with zero attached hydrogens (tertiary/aromatic N) is 2. The number of Topliss-reactive ketones (excluding diaryl/α,β-unsaturated/α-hetero) is 1. The van der Waals surface area contributed by atoms with Gasteiger partial charge in [0, 0.05) is 30.8 Å². The summed E-state index contributed by atoms with van der Waals surface area (Å²) in [7, 11) is 0. The van der Waals surface area contributed by atoms with E-state index in [1.54, 1.807) is 19.1 Å². The summed E-state index contributed by atoms with van der Waals surface area (Å²) in [6, 6.07) is 3.12. The Morgan fingerprint density at radius 3 is 2.55 bits per heavy atom. The minimum absolute atomic E-state index is 0.0284. The molecule has 6 nitrogen and oxygen atoms in total. The molecule has 0 fully saturated rings. The van der Waals surface area contributed by atoms with Gasteiger partial charge in [0.25, 0.3) is 5.91 Å². The number of hydrogen-bond donors (Lipinski definition) is 2. The van der Waals surface area contributed by atoms with Crippen LogP contribution in [0.2, 0.25) is 0 Å². The Morgan fingerprint density at radius 1 is 1.32 bits per heavy atom. The molecule has 0 atom stereocenters. The number of amides is 1. The summed E-state index contributed by atoms with van der Waals surface area (Å²) in [6.07, 6.45) is 3.77. The van der Waals surface area contributed by atoms with Crippen molar-refractivity contribution in [1.82, 2.24) is 10.4 Å². The monoisotopic (exact) mass is 301 g/mol. The van der Waals surface area contributed by atoms with Gasteiger partial charge in [-0.25, -0.2) is 5.43 Å². The molecule has 2 rings (SSSR count). The largest absolute Gasteiger partial charge is 0.511 e. The molecule has 6 heteroatoms. The molecule has 1 aliphatic carbocycles. The van der Waals surface area contributed by atoms with Gasteiger partial charge in [-0.15, -0.1) is 0 Å². The Balaban J connectivity index is 2.16. The van der Waals surface area contributed by atoms with Crippen molar-refractivity contribution in [2.75, 3.05) is 0 Å². The number of ketones is 1. The lowest BCUT2D eigenvalue weighted by Gasteiger charge is -2.29. The first kappa shape index (κ1) is 15.9. The third kappa shape index (κ3) is 3.58. The second-order valence-electron chi connectivity index (χ2n) is 6.14. The molecule has 22 heavy (non-hydrogen) atoms. The minimum Gasteiger partial charge on any atom is -0.511 e. The quantitative estimate of drug-likeness (QED) is 0.662. The summed E-state index contributed by atoms with van der Waals surface area (Å²) in [5.74, 6) is -0.528. The first-order chi connectivity index (χ1) is 10.3. The first-order valence-corrected chi connectivity index (χ1v) is 7.00. The molecule has 0 bridgehead atoms. The van der Waals surface area contributed by atoms with Crippen LogP contribution in [0.3, 0.4) is 0 Å². The Morgan fingerprint density at radius 2 is 1.95 bits per heavy atom. The average molecular weight is 301 g/mol. The van der Waals surface area contributed by atoms with Crippen LogP contribution in [0.15, 0.2) is 41.0 Å². The van der Waals surface area contributed by atoms with Crippen molar-refractivity contribution in [3.8, 4) is 0 Å². The van der Waals surface area contributed by atoms with Gasteiger partial charge < -0.3 is 5.11 Å². The molecule has 1 amide bonds. The van der Waals surface area contributed by atoms with E-state index in [4.69, 9.17) is 0 Å². The highest BCUT2D eigenvalue weighted by molar-refractivity contribution is 6.22. The van der Waals surface area contributed by atoms with E-state index >= 15 is 0 Å². The van der Waals surface area contributed by atoms with Crippen LogP contribution in [0.5, 0.6) is 0 Å². The molecule has 0 unspecified atom stereocenters. The topological polar surface area (TPSA) is 91.7 Å². The average Bonchev–Trinajstić information content (AvgIpc) is 2.43. The second-order valence-corrected chi connectivity index (χ2v) is 6.14. The highest BCUT2D eigenvalue weighted by atomic mass is 16.3. The highest BCUT2D eigenvalue weighted by Crippen LogP contribution is 2.35. The molecular weight excluding hydrogens is 282 g/mol. The van der Waals surface area contributed by atoms with E-state index in [-0.39, 0.29) is 22.5 Å². The van der Waals surface area contributed by atoms with Gasteiger partial charge >= 0.3 is 0 Å². The maximum Gasteiger partial charge on any atom is 0.271 e. The van der Waals surface area contributed by atoms with Gasteiger partial charge in [-0.1, -0.05) is 13.8 Å². The Bertz CT molecular complexity index is 660. The Hall–Kier alpha value is -2.50. The zero-order chi connectivity index (χ0) is 16.3.